The summed E-state index contributed by atoms with van der Waals surface area (Å²) >= 11 is 2.87. The highest BCUT2D eigenvalue weighted by Gasteiger charge is 2.15. The first-order chi connectivity index (χ1) is 8.92. The molecule has 0 saturated carbocycles. The summed E-state index contributed by atoms with van der Waals surface area (Å²) in [5, 5.41) is 8.78. The Morgan fingerprint density at radius 1 is 1.37 bits per heavy atom. The zero-order valence-corrected chi connectivity index (χ0v) is 12.7. The van der Waals surface area contributed by atoms with Crippen LogP contribution in [0.15, 0.2) is 32.3 Å². The Labute approximate surface area is 119 Å². The predicted octanol–water partition coefficient (Wildman–Crippen LogP) is 1.49. The van der Waals surface area contributed by atoms with Gasteiger partial charge in [-0.2, -0.15) is 0 Å². The first-order valence-electron chi connectivity index (χ1n) is 5.23. The summed E-state index contributed by atoms with van der Waals surface area (Å²) in [5.41, 5.74) is 5.99. The molecule has 0 radical (unpaired) electrons. The molecule has 0 aliphatic rings. The Morgan fingerprint density at radius 2 is 2.11 bits per heavy atom. The van der Waals surface area contributed by atoms with Crippen LogP contribution in [-0.2, 0) is 10.0 Å². The molecule has 0 atom stereocenters. The number of nitrogen functional groups attached to an aromatic ring is 1. The predicted molar refractivity (Wildman–Crippen MR) is 75.9 cm³/mol. The van der Waals surface area contributed by atoms with Crippen molar-refractivity contribution in [3.63, 3.8) is 0 Å². The van der Waals surface area contributed by atoms with Gasteiger partial charge in [0.25, 0.3) is 0 Å². The lowest BCUT2D eigenvalue weighted by atomic mass is 10.3. The highest BCUT2D eigenvalue weighted by atomic mass is 32.2. The number of nitrogens with two attached hydrogens (primary N) is 1. The summed E-state index contributed by atoms with van der Waals surface area (Å²) in [5.74, 6) is 0. The molecule has 1 aromatic heterocycles. The topological polar surface area (TPSA) is 98.0 Å². The lowest BCUT2D eigenvalue weighted by molar-refractivity contribution is 0.588. The van der Waals surface area contributed by atoms with Crippen molar-refractivity contribution in [2.75, 3.05) is 12.8 Å². The van der Waals surface area contributed by atoms with E-state index < -0.39 is 10.0 Å². The second kappa shape index (κ2) is 5.45. The fourth-order valence-corrected chi connectivity index (χ4v) is 4.04. The molecular weight excluding hydrogens is 304 g/mol. The van der Waals surface area contributed by atoms with Crippen LogP contribution in [0, 0.1) is 6.92 Å². The smallest absolute Gasteiger partial charge is 0.242 e. The number of aromatic nitrogens is 2. The third kappa shape index (κ3) is 3.24. The Balaban J connectivity index is 2.29. The normalized spacial score (nSPS) is 11.7. The molecule has 0 aliphatic carbocycles. The lowest BCUT2D eigenvalue weighted by Crippen LogP contribution is -2.19. The van der Waals surface area contributed by atoms with Crippen molar-refractivity contribution in [2.24, 2.45) is 0 Å². The Bertz CT molecular complexity index is 697. The van der Waals surface area contributed by atoms with Gasteiger partial charge in [0.15, 0.2) is 4.34 Å². The van der Waals surface area contributed by atoms with E-state index in [-0.39, 0.29) is 10.6 Å². The molecule has 1 heterocycles. The van der Waals surface area contributed by atoms with Crippen LogP contribution in [0.3, 0.4) is 0 Å². The molecule has 0 fully saturated rings. The molecular formula is C10H12N4O2S3. The van der Waals surface area contributed by atoms with Crippen LogP contribution in [0.2, 0.25) is 0 Å². The zero-order chi connectivity index (χ0) is 14.0. The number of hydrogen-bond acceptors (Lipinski definition) is 7. The molecule has 0 amide bonds. The van der Waals surface area contributed by atoms with Crippen LogP contribution in [0.4, 0.5) is 5.69 Å². The number of aryl methyl sites for hydroxylation is 1. The van der Waals surface area contributed by atoms with E-state index in [0.29, 0.717) is 0 Å². The quantitative estimate of drug-likeness (QED) is 0.829. The second-order valence-corrected chi connectivity index (χ2v) is 7.95. The van der Waals surface area contributed by atoms with Gasteiger partial charge in [-0.05, 0) is 32.2 Å². The minimum absolute atomic E-state index is 0.0767. The summed E-state index contributed by atoms with van der Waals surface area (Å²) in [4.78, 5) is 0.900. The highest BCUT2D eigenvalue weighted by Crippen LogP contribution is 2.32. The summed E-state index contributed by atoms with van der Waals surface area (Å²) in [6.45, 7) is 1.87. The molecule has 0 unspecified atom stereocenters. The minimum atomic E-state index is -3.52. The van der Waals surface area contributed by atoms with E-state index in [9.17, 15) is 8.42 Å². The van der Waals surface area contributed by atoms with E-state index in [1.54, 1.807) is 12.1 Å². The Hall–Kier alpha value is -1.16. The van der Waals surface area contributed by atoms with Crippen molar-refractivity contribution >= 4 is 38.8 Å². The van der Waals surface area contributed by atoms with Gasteiger partial charge in [-0.15, -0.1) is 10.2 Å². The first-order valence-corrected chi connectivity index (χ1v) is 8.35. The highest BCUT2D eigenvalue weighted by molar-refractivity contribution is 8.01. The molecule has 0 spiro atoms. The van der Waals surface area contributed by atoms with Crippen LogP contribution in [0.25, 0.3) is 0 Å². The van der Waals surface area contributed by atoms with E-state index in [4.69, 9.17) is 5.73 Å². The van der Waals surface area contributed by atoms with Crippen molar-refractivity contribution in [1.82, 2.24) is 14.9 Å². The van der Waals surface area contributed by atoms with Gasteiger partial charge >= 0.3 is 0 Å². The van der Waals surface area contributed by atoms with Crippen molar-refractivity contribution in [1.29, 1.82) is 0 Å². The number of benzene rings is 1. The Morgan fingerprint density at radius 3 is 2.63 bits per heavy atom. The van der Waals surface area contributed by atoms with Crippen LogP contribution in [0.1, 0.15) is 5.01 Å². The number of nitrogens with zero attached hydrogens (tertiary/aromatic N) is 2. The molecule has 0 aliphatic heterocycles. The van der Waals surface area contributed by atoms with Crippen molar-refractivity contribution < 1.29 is 8.42 Å². The summed E-state index contributed by atoms with van der Waals surface area (Å²) in [6.07, 6.45) is 0. The van der Waals surface area contributed by atoms with Crippen molar-refractivity contribution in [2.45, 2.75) is 21.1 Å². The van der Waals surface area contributed by atoms with E-state index >= 15 is 0 Å². The third-order valence-electron chi connectivity index (χ3n) is 2.25. The maximum Gasteiger partial charge on any atom is 0.242 e. The maximum atomic E-state index is 11.7. The van der Waals surface area contributed by atoms with Gasteiger partial charge in [-0.3, -0.25) is 0 Å². The van der Waals surface area contributed by atoms with Gasteiger partial charge in [0.05, 0.1) is 5.69 Å². The number of anilines is 1. The zero-order valence-electron chi connectivity index (χ0n) is 10.2. The second-order valence-electron chi connectivity index (χ2n) is 3.60. The molecule has 9 heteroatoms. The van der Waals surface area contributed by atoms with Gasteiger partial charge in [-0.25, -0.2) is 13.1 Å². The molecule has 2 aromatic rings. The molecule has 0 saturated heterocycles. The largest absolute Gasteiger partial charge is 0.398 e. The molecule has 19 heavy (non-hydrogen) atoms. The van der Waals surface area contributed by atoms with Gasteiger partial charge in [0.2, 0.25) is 10.0 Å². The van der Waals surface area contributed by atoms with Crippen LogP contribution in [-0.4, -0.2) is 25.7 Å². The van der Waals surface area contributed by atoms with Crippen molar-refractivity contribution in [3.8, 4) is 0 Å². The molecule has 0 bridgehead atoms. The fraction of sp³-hybridized carbons (Fsp3) is 0.200. The third-order valence-corrected chi connectivity index (χ3v) is 5.62. The van der Waals surface area contributed by atoms with Crippen LogP contribution in [0.5, 0.6) is 0 Å². The summed E-state index contributed by atoms with van der Waals surface area (Å²) in [7, 11) is -2.18. The summed E-state index contributed by atoms with van der Waals surface area (Å²) in [6, 6.07) is 4.80. The fourth-order valence-electron chi connectivity index (χ4n) is 1.37. The number of sulfonamides is 1. The average Bonchev–Trinajstić information content (AvgIpc) is 2.74. The first kappa shape index (κ1) is 14.3. The van der Waals surface area contributed by atoms with E-state index in [1.165, 1.54) is 36.2 Å². The van der Waals surface area contributed by atoms with Gasteiger partial charge in [0, 0.05) is 4.90 Å². The van der Waals surface area contributed by atoms with Crippen LogP contribution >= 0.6 is 23.1 Å². The monoisotopic (exact) mass is 316 g/mol. The lowest BCUT2D eigenvalue weighted by Gasteiger charge is -2.07. The van der Waals surface area contributed by atoms with E-state index in [0.717, 1.165) is 14.2 Å². The maximum absolute atomic E-state index is 11.7. The van der Waals surface area contributed by atoms with E-state index in [2.05, 4.69) is 14.9 Å². The van der Waals surface area contributed by atoms with Gasteiger partial charge in [-0.1, -0.05) is 23.1 Å². The molecule has 6 nitrogen and oxygen atoms in total. The summed E-state index contributed by atoms with van der Waals surface area (Å²) < 4.78 is 26.4. The number of rotatable bonds is 4. The van der Waals surface area contributed by atoms with E-state index in [1.807, 2.05) is 6.92 Å². The standard InChI is InChI=1S/C10H12N4O2S3/c1-6-13-14-10(17-6)18-7-3-4-9(8(11)5-7)19(15,16)12-2/h3-5,12H,11H2,1-2H3. The molecule has 102 valence electrons. The van der Waals surface area contributed by atoms with Gasteiger partial charge < -0.3 is 5.73 Å². The minimum Gasteiger partial charge on any atom is -0.398 e. The SMILES string of the molecule is CNS(=O)(=O)c1ccc(Sc2nnc(C)s2)cc1N. The number of hydrogen-bond donors (Lipinski definition) is 2. The molecule has 2 rings (SSSR count). The number of nitrogens with one attached hydrogen (secondary N) is 1. The average molecular weight is 316 g/mol. The van der Waals surface area contributed by atoms with Crippen LogP contribution < -0.4 is 10.5 Å². The molecule has 1 aromatic carbocycles. The van der Waals surface area contributed by atoms with Crippen molar-refractivity contribution in [3.05, 3.63) is 23.2 Å². The molecule has 3 N–H and O–H groups in total. The van der Waals surface area contributed by atoms with Gasteiger partial charge in [0.1, 0.15) is 9.90 Å². The Kier molecular flexibility index (Phi) is 4.09.